The molecule has 1 aliphatic heterocycles. The summed E-state index contributed by atoms with van der Waals surface area (Å²) in [5, 5.41) is 0.570. The number of ketones is 1. The van der Waals surface area contributed by atoms with E-state index >= 15 is 0 Å². The number of benzene rings is 1. The third-order valence-electron chi connectivity index (χ3n) is 5.35. The van der Waals surface area contributed by atoms with Gasteiger partial charge in [-0.2, -0.15) is 0 Å². The van der Waals surface area contributed by atoms with Gasteiger partial charge < -0.3 is 4.90 Å². The molecular weight excluding hydrogens is 388 g/mol. The van der Waals surface area contributed by atoms with Crippen molar-refractivity contribution in [2.75, 3.05) is 18.0 Å². The van der Waals surface area contributed by atoms with Gasteiger partial charge in [-0.05, 0) is 37.1 Å². The van der Waals surface area contributed by atoms with Crippen LogP contribution in [0.3, 0.4) is 0 Å². The lowest BCUT2D eigenvalue weighted by Crippen LogP contribution is -2.39. The first-order valence-corrected chi connectivity index (χ1v) is 9.94. The molecule has 6 nitrogen and oxygen atoms in total. The first kappa shape index (κ1) is 19.3. The molecule has 0 spiro atoms. The van der Waals surface area contributed by atoms with E-state index in [9.17, 15) is 9.59 Å². The lowest BCUT2D eigenvalue weighted by molar-refractivity contribution is 0.0900. The molecule has 0 bridgehead atoms. The van der Waals surface area contributed by atoms with E-state index in [1.54, 1.807) is 42.2 Å². The highest BCUT2D eigenvalue weighted by molar-refractivity contribution is 6.31. The topological polar surface area (TPSA) is 68.1 Å². The Bertz CT molecular complexity index is 1090. The Morgan fingerprint density at radius 2 is 1.83 bits per heavy atom. The molecule has 7 heteroatoms. The molecule has 4 rings (SSSR count). The van der Waals surface area contributed by atoms with Gasteiger partial charge in [0.25, 0.3) is 5.56 Å². The summed E-state index contributed by atoms with van der Waals surface area (Å²) in [5.41, 5.74) is 2.02. The second-order valence-corrected chi connectivity index (χ2v) is 7.65. The highest BCUT2D eigenvalue weighted by Crippen LogP contribution is 2.26. The van der Waals surface area contributed by atoms with Crippen LogP contribution in [0.15, 0.2) is 59.7 Å². The molecule has 0 unspecified atom stereocenters. The number of aromatic nitrogens is 3. The van der Waals surface area contributed by atoms with Crippen molar-refractivity contribution in [2.45, 2.75) is 12.8 Å². The Balaban J connectivity index is 1.53. The summed E-state index contributed by atoms with van der Waals surface area (Å²) in [5.74, 6) is 0.697. The van der Waals surface area contributed by atoms with Crippen molar-refractivity contribution >= 4 is 23.3 Å². The fourth-order valence-corrected chi connectivity index (χ4v) is 3.89. The van der Waals surface area contributed by atoms with Crippen LogP contribution < -0.4 is 10.5 Å². The van der Waals surface area contributed by atoms with Crippen molar-refractivity contribution in [1.82, 2.24) is 14.5 Å². The number of Topliss-reactive ketones (excluding diaryl/α,β-unsaturated/α-hetero) is 1. The Morgan fingerprint density at radius 3 is 2.52 bits per heavy atom. The number of anilines is 1. The van der Waals surface area contributed by atoms with Gasteiger partial charge in [-0.1, -0.05) is 23.7 Å². The summed E-state index contributed by atoms with van der Waals surface area (Å²) in [6.07, 6.45) is 4.78. The summed E-state index contributed by atoms with van der Waals surface area (Å²) in [6.45, 7) is 1.33. The van der Waals surface area contributed by atoms with E-state index in [1.807, 2.05) is 18.2 Å². The zero-order valence-electron chi connectivity index (χ0n) is 16.1. The molecule has 0 aliphatic carbocycles. The molecule has 3 heterocycles. The number of nitrogens with zero attached hydrogens (tertiary/aromatic N) is 4. The van der Waals surface area contributed by atoms with Crippen LogP contribution in [0.2, 0.25) is 5.02 Å². The van der Waals surface area contributed by atoms with Crippen LogP contribution in [0, 0.1) is 5.92 Å². The molecule has 0 N–H and O–H groups in total. The normalized spacial score (nSPS) is 14.8. The minimum absolute atomic E-state index is 0.0508. The molecule has 0 atom stereocenters. The molecule has 0 amide bonds. The maximum atomic E-state index is 12.8. The number of rotatable bonds is 4. The van der Waals surface area contributed by atoms with Crippen molar-refractivity contribution in [1.29, 1.82) is 0 Å². The van der Waals surface area contributed by atoms with Crippen molar-refractivity contribution < 1.29 is 4.79 Å². The minimum atomic E-state index is -0.112. The maximum absolute atomic E-state index is 12.8. The number of hydrogen-bond acceptors (Lipinski definition) is 5. The average molecular weight is 409 g/mol. The summed E-state index contributed by atoms with van der Waals surface area (Å²) in [7, 11) is 1.73. The Labute approximate surface area is 173 Å². The Hall–Kier alpha value is -2.99. The number of halogens is 1. The largest absolute Gasteiger partial charge is 0.342 e. The second-order valence-electron chi connectivity index (χ2n) is 7.21. The Kier molecular flexibility index (Phi) is 5.45. The van der Waals surface area contributed by atoms with Gasteiger partial charge in [0, 0.05) is 60.7 Å². The first-order chi connectivity index (χ1) is 14.0. The minimum Gasteiger partial charge on any atom is -0.342 e. The smallest absolute Gasteiger partial charge is 0.255 e. The molecule has 3 aromatic rings. The van der Waals surface area contributed by atoms with Crippen LogP contribution >= 0.6 is 11.6 Å². The standard InChI is InChI=1S/C22H21ClN4O2/c1-26-20(28)14-19(15-5-9-24-10-6-15)25-22(26)27-11-7-16(8-12-27)21(29)17-3-2-4-18(23)13-17/h2-6,9-10,13-14,16H,7-8,11-12H2,1H3. The van der Waals surface area contributed by atoms with Crippen molar-refractivity contribution in [2.24, 2.45) is 13.0 Å². The molecule has 2 aromatic heterocycles. The summed E-state index contributed by atoms with van der Waals surface area (Å²) >= 11 is 6.02. The highest BCUT2D eigenvalue weighted by atomic mass is 35.5. The number of carbonyl (C=O) groups excluding carboxylic acids is 1. The maximum Gasteiger partial charge on any atom is 0.255 e. The van der Waals surface area contributed by atoms with Gasteiger partial charge >= 0.3 is 0 Å². The third-order valence-corrected chi connectivity index (χ3v) is 5.58. The third kappa shape index (κ3) is 4.07. The van der Waals surface area contributed by atoms with Crippen molar-refractivity contribution in [3.63, 3.8) is 0 Å². The van der Waals surface area contributed by atoms with E-state index in [4.69, 9.17) is 16.6 Å². The summed E-state index contributed by atoms with van der Waals surface area (Å²) < 4.78 is 1.56. The van der Waals surface area contributed by atoms with Crippen molar-refractivity contribution in [3.8, 4) is 11.3 Å². The van der Waals surface area contributed by atoms with Crippen LogP contribution in [0.4, 0.5) is 5.95 Å². The van der Waals surface area contributed by atoms with Gasteiger partial charge in [0.05, 0.1) is 5.69 Å². The zero-order valence-corrected chi connectivity index (χ0v) is 16.8. The number of carbonyl (C=O) groups is 1. The monoisotopic (exact) mass is 408 g/mol. The molecule has 0 saturated carbocycles. The van der Waals surface area contributed by atoms with E-state index in [-0.39, 0.29) is 17.3 Å². The van der Waals surface area contributed by atoms with Gasteiger partial charge in [0.1, 0.15) is 0 Å². The molecule has 0 radical (unpaired) electrons. The van der Waals surface area contributed by atoms with E-state index in [0.29, 0.717) is 48.2 Å². The molecule has 1 aromatic carbocycles. The van der Waals surface area contributed by atoms with E-state index in [2.05, 4.69) is 9.88 Å². The molecule has 1 fully saturated rings. The predicted molar refractivity (Wildman–Crippen MR) is 113 cm³/mol. The fourth-order valence-electron chi connectivity index (χ4n) is 3.70. The van der Waals surface area contributed by atoms with Gasteiger partial charge in [-0.25, -0.2) is 4.98 Å². The van der Waals surface area contributed by atoms with Crippen molar-refractivity contribution in [3.05, 3.63) is 75.8 Å². The van der Waals surface area contributed by atoms with Gasteiger partial charge in [-0.15, -0.1) is 0 Å². The van der Waals surface area contributed by atoms with Crippen LogP contribution in [0.25, 0.3) is 11.3 Å². The Morgan fingerprint density at radius 1 is 1.10 bits per heavy atom. The summed E-state index contributed by atoms with van der Waals surface area (Å²) in [6, 6.07) is 12.3. The van der Waals surface area contributed by atoms with Crippen LogP contribution in [-0.2, 0) is 7.05 Å². The molecular formula is C22H21ClN4O2. The number of piperidine rings is 1. The lowest BCUT2D eigenvalue weighted by atomic mass is 9.89. The fraction of sp³-hybridized carbons (Fsp3) is 0.273. The first-order valence-electron chi connectivity index (χ1n) is 9.56. The SMILES string of the molecule is Cn1c(N2CCC(C(=O)c3cccc(Cl)c3)CC2)nc(-c2ccncc2)cc1=O. The van der Waals surface area contributed by atoms with Gasteiger partial charge in [0.15, 0.2) is 5.78 Å². The molecule has 1 aliphatic rings. The van der Waals surface area contributed by atoms with Gasteiger partial charge in [-0.3, -0.25) is 19.1 Å². The molecule has 148 valence electrons. The summed E-state index contributed by atoms with van der Waals surface area (Å²) in [4.78, 5) is 36.1. The molecule has 1 saturated heterocycles. The number of pyridine rings is 1. The highest BCUT2D eigenvalue weighted by Gasteiger charge is 2.27. The average Bonchev–Trinajstić information content (AvgIpc) is 2.76. The second kappa shape index (κ2) is 8.17. The quantitative estimate of drug-likeness (QED) is 0.617. The zero-order chi connectivity index (χ0) is 20.4. The van der Waals surface area contributed by atoms with Gasteiger partial charge in [0.2, 0.25) is 5.95 Å². The number of hydrogen-bond donors (Lipinski definition) is 0. The van der Waals surface area contributed by atoms with Crippen LogP contribution in [-0.4, -0.2) is 33.4 Å². The molecule has 29 heavy (non-hydrogen) atoms. The van der Waals surface area contributed by atoms with Crippen LogP contribution in [0.5, 0.6) is 0 Å². The van der Waals surface area contributed by atoms with E-state index < -0.39 is 0 Å². The van der Waals surface area contributed by atoms with E-state index in [1.165, 1.54) is 6.07 Å². The lowest BCUT2D eigenvalue weighted by Gasteiger charge is -2.33. The van der Waals surface area contributed by atoms with Crippen LogP contribution in [0.1, 0.15) is 23.2 Å². The van der Waals surface area contributed by atoms with E-state index in [0.717, 1.165) is 5.56 Å². The predicted octanol–water partition coefficient (Wildman–Crippen LogP) is 3.60.